The van der Waals surface area contributed by atoms with Crippen molar-refractivity contribution in [2.75, 3.05) is 18.9 Å². The lowest BCUT2D eigenvalue weighted by Gasteiger charge is -2.19. The third-order valence-corrected chi connectivity index (χ3v) is 6.89. The molecule has 1 atom stereocenters. The average Bonchev–Trinajstić information content (AvgIpc) is 2.13. The third-order valence-electron chi connectivity index (χ3n) is 1.26. The van der Waals surface area contributed by atoms with Gasteiger partial charge < -0.3 is 9.61 Å². The van der Waals surface area contributed by atoms with Gasteiger partial charge in [-0.2, -0.15) is 0 Å². The van der Waals surface area contributed by atoms with Crippen molar-refractivity contribution in [2.45, 2.75) is 27.2 Å². The van der Waals surface area contributed by atoms with Crippen molar-refractivity contribution >= 4 is 35.1 Å². The van der Waals surface area contributed by atoms with Crippen LogP contribution in [0.15, 0.2) is 4.99 Å². The zero-order valence-corrected chi connectivity index (χ0v) is 11.6. The van der Waals surface area contributed by atoms with Crippen LogP contribution in [0, 0.1) is 0 Å². The van der Waals surface area contributed by atoms with Gasteiger partial charge in [0.15, 0.2) is 0 Å². The fraction of sp³-hybridized carbons (Fsp3) is 0.875. The van der Waals surface area contributed by atoms with Crippen LogP contribution in [0.1, 0.15) is 27.2 Å². The van der Waals surface area contributed by atoms with Crippen molar-refractivity contribution in [3.63, 3.8) is 0 Å². The molecule has 0 aromatic heterocycles. The highest BCUT2D eigenvalue weighted by atomic mass is 32.9. The van der Waals surface area contributed by atoms with Crippen LogP contribution in [-0.2, 0) is 16.3 Å². The quantitative estimate of drug-likeness (QED) is 0.410. The highest BCUT2D eigenvalue weighted by Gasteiger charge is 2.14. The molecule has 0 aliphatic rings. The first-order valence-electron chi connectivity index (χ1n) is 4.83. The minimum atomic E-state index is -1.91. The van der Waals surface area contributed by atoms with Gasteiger partial charge in [-0.25, -0.2) is 0 Å². The van der Waals surface area contributed by atoms with Crippen molar-refractivity contribution in [1.82, 2.24) is 5.09 Å². The molecule has 0 spiro atoms. The maximum Gasteiger partial charge on any atom is 0.211 e. The molecule has 0 saturated heterocycles. The molecule has 14 heavy (non-hydrogen) atoms. The summed E-state index contributed by atoms with van der Waals surface area (Å²) in [6.07, 6.45) is 2.75. The second-order valence-corrected chi connectivity index (χ2v) is 9.40. The summed E-state index contributed by atoms with van der Waals surface area (Å²) in [4.78, 5) is 4.17. The standard InChI is InChI=1S/C8H19N2OPS2/c1-4-7-9-8-10-12(13,11-5-2)14-6-3/h8H,4-7H2,1-3H3,(H,9,10,13). The van der Waals surface area contributed by atoms with Crippen LogP contribution in [-0.4, -0.2) is 25.2 Å². The number of hydrogen-bond donors (Lipinski definition) is 1. The Bertz CT molecular complexity index is 202. The Morgan fingerprint density at radius 2 is 2.21 bits per heavy atom. The molecule has 0 amide bonds. The fourth-order valence-electron chi connectivity index (χ4n) is 0.757. The summed E-state index contributed by atoms with van der Waals surface area (Å²) in [7, 11) is 0. The number of rotatable bonds is 8. The number of nitrogens with one attached hydrogen (secondary N) is 1. The maximum atomic E-state index is 5.54. The molecule has 0 radical (unpaired) electrons. The molecule has 0 aliphatic heterocycles. The normalized spacial score (nSPS) is 15.6. The first-order valence-corrected chi connectivity index (χ1v) is 9.14. The van der Waals surface area contributed by atoms with Crippen molar-refractivity contribution < 1.29 is 4.52 Å². The van der Waals surface area contributed by atoms with E-state index >= 15 is 0 Å². The topological polar surface area (TPSA) is 33.6 Å². The van der Waals surface area contributed by atoms with Crippen molar-refractivity contribution in [2.24, 2.45) is 4.99 Å². The third kappa shape index (κ3) is 6.82. The number of aliphatic imine (C=N–C) groups is 1. The maximum absolute atomic E-state index is 5.54. The predicted octanol–water partition coefficient (Wildman–Crippen LogP) is 3.03. The van der Waals surface area contributed by atoms with Gasteiger partial charge in [0.25, 0.3) is 0 Å². The van der Waals surface area contributed by atoms with Gasteiger partial charge in [-0.3, -0.25) is 4.99 Å². The fourth-order valence-corrected chi connectivity index (χ4v) is 5.21. The van der Waals surface area contributed by atoms with Gasteiger partial charge in [-0.1, -0.05) is 25.2 Å². The van der Waals surface area contributed by atoms with Crippen LogP contribution in [0.3, 0.4) is 0 Å². The summed E-state index contributed by atoms with van der Waals surface area (Å²) in [6, 6.07) is 0. The van der Waals surface area contributed by atoms with Crippen LogP contribution < -0.4 is 5.09 Å². The second-order valence-electron chi connectivity index (χ2n) is 2.50. The van der Waals surface area contributed by atoms with E-state index in [1.807, 2.05) is 6.92 Å². The molecule has 84 valence electrons. The summed E-state index contributed by atoms with van der Waals surface area (Å²) < 4.78 is 5.54. The molecule has 6 heteroatoms. The summed E-state index contributed by atoms with van der Waals surface area (Å²) in [6.45, 7) is 7.62. The Labute approximate surface area is 96.0 Å². The van der Waals surface area contributed by atoms with E-state index in [9.17, 15) is 0 Å². The van der Waals surface area contributed by atoms with E-state index in [1.165, 1.54) is 0 Å². The average molecular weight is 254 g/mol. The van der Waals surface area contributed by atoms with E-state index in [4.69, 9.17) is 16.3 Å². The van der Waals surface area contributed by atoms with Gasteiger partial charge in [0.05, 0.1) is 12.9 Å². The van der Waals surface area contributed by atoms with Crippen molar-refractivity contribution in [3.05, 3.63) is 0 Å². The molecule has 0 bridgehead atoms. The van der Waals surface area contributed by atoms with Gasteiger partial charge in [-0.05, 0) is 30.9 Å². The Morgan fingerprint density at radius 1 is 1.50 bits per heavy atom. The summed E-state index contributed by atoms with van der Waals surface area (Å²) >= 11 is 7.06. The zero-order chi connectivity index (χ0) is 10.9. The zero-order valence-electron chi connectivity index (χ0n) is 9.02. The molecule has 1 unspecified atom stereocenters. The highest BCUT2D eigenvalue weighted by molar-refractivity contribution is 8.68. The first kappa shape index (κ1) is 14.4. The van der Waals surface area contributed by atoms with E-state index in [0.717, 1.165) is 18.7 Å². The first-order chi connectivity index (χ1) is 6.68. The summed E-state index contributed by atoms with van der Waals surface area (Å²) in [5.74, 6) is 0.964. The molecule has 1 N–H and O–H groups in total. The summed E-state index contributed by atoms with van der Waals surface area (Å²) in [5.41, 5.74) is -1.91. The lowest BCUT2D eigenvalue weighted by atomic mass is 10.5. The van der Waals surface area contributed by atoms with E-state index in [-0.39, 0.29) is 0 Å². The van der Waals surface area contributed by atoms with Gasteiger partial charge in [0, 0.05) is 6.54 Å². The molecule has 0 aromatic rings. The van der Waals surface area contributed by atoms with Crippen LogP contribution in [0.5, 0.6) is 0 Å². The van der Waals surface area contributed by atoms with Crippen LogP contribution >= 0.6 is 17.0 Å². The van der Waals surface area contributed by atoms with E-state index in [2.05, 4.69) is 23.9 Å². The summed E-state index contributed by atoms with van der Waals surface area (Å²) in [5, 5.41) is 3.11. The molecule has 0 aromatic carbocycles. The number of nitrogens with zero attached hydrogens (tertiary/aromatic N) is 1. The van der Waals surface area contributed by atoms with Crippen LogP contribution in [0.2, 0.25) is 0 Å². The SMILES string of the molecule is CCCN=CNP(=S)(OCC)SCC. The van der Waals surface area contributed by atoms with Gasteiger partial charge in [0.2, 0.25) is 5.62 Å². The van der Waals surface area contributed by atoms with Gasteiger partial charge >= 0.3 is 0 Å². The molecular formula is C8H19N2OPS2. The predicted molar refractivity (Wildman–Crippen MR) is 70.8 cm³/mol. The smallest absolute Gasteiger partial charge is 0.211 e. The van der Waals surface area contributed by atoms with Crippen LogP contribution in [0.25, 0.3) is 0 Å². The molecule has 0 rings (SSSR count). The molecule has 0 aliphatic carbocycles. The Morgan fingerprint density at radius 3 is 2.71 bits per heavy atom. The number of hydrogen-bond acceptors (Lipinski definition) is 4. The molecular weight excluding hydrogens is 235 g/mol. The van der Waals surface area contributed by atoms with Gasteiger partial charge in [-0.15, -0.1) is 0 Å². The Kier molecular flexibility index (Phi) is 8.98. The van der Waals surface area contributed by atoms with Gasteiger partial charge in [0.1, 0.15) is 0 Å². The minimum absolute atomic E-state index is 0.652. The molecule has 0 heterocycles. The highest BCUT2D eigenvalue weighted by Crippen LogP contribution is 2.55. The molecule has 0 fully saturated rings. The van der Waals surface area contributed by atoms with E-state index in [1.54, 1.807) is 17.7 Å². The lowest BCUT2D eigenvalue weighted by Crippen LogP contribution is -2.08. The monoisotopic (exact) mass is 254 g/mol. The Hall–Kier alpha value is 0.430. The van der Waals surface area contributed by atoms with Crippen molar-refractivity contribution in [1.29, 1.82) is 0 Å². The minimum Gasteiger partial charge on any atom is -0.327 e. The second kappa shape index (κ2) is 8.72. The van der Waals surface area contributed by atoms with Crippen LogP contribution in [0.4, 0.5) is 0 Å². The molecule has 3 nitrogen and oxygen atoms in total. The van der Waals surface area contributed by atoms with E-state index < -0.39 is 5.62 Å². The van der Waals surface area contributed by atoms with Crippen molar-refractivity contribution in [3.8, 4) is 0 Å². The largest absolute Gasteiger partial charge is 0.327 e. The lowest BCUT2D eigenvalue weighted by molar-refractivity contribution is 0.383. The molecule has 0 saturated carbocycles. The Balaban J connectivity index is 4.01. The van der Waals surface area contributed by atoms with E-state index in [0.29, 0.717) is 6.61 Å².